The molecule has 0 fully saturated rings. The van der Waals surface area contributed by atoms with Gasteiger partial charge in [0.25, 0.3) is 5.91 Å². The Balaban J connectivity index is 1.71. The molecule has 1 heterocycles. The monoisotopic (exact) mass is 416 g/mol. The fourth-order valence-corrected chi connectivity index (χ4v) is 3.14. The summed E-state index contributed by atoms with van der Waals surface area (Å²) in [7, 11) is -2.06. The van der Waals surface area contributed by atoms with E-state index in [1.165, 1.54) is 25.5 Å². The van der Waals surface area contributed by atoms with E-state index in [9.17, 15) is 13.2 Å². The van der Waals surface area contributed by atoms with E-state index in [1.54, 1.807) is 12.1 Å². The van der Waals surface area contributed by atoms with E-state index in [0.29, 0.717) is 17.0 Å². The molecule has 0 aliphatic rings. The first kappa shape index (κ1) is 20.3. The van der Waals surface area contributed by atoms with E-state index in [1.807, 2.05) is 30.3 Å². The maximum Gasteiger partial charge on any atom is 0.291 e. The van der Waals surface area contributed by atoms with E-state index in [2.05, 4.69) is 10.0 Å². The summed E-state index contributed by atoms with van der Waals surface area (Å²) in [6.07, 6.45) is 2.45. The van der Waals surface area contributed by atoms with Crippen LogP contribution in [0.15, 0.2) is 65.3 Å². The minimum absolute atomic E-state index is 0.123. The van der Waals surface area contributed by atoms with Crippen molar-refractivity contribution in [2.45, 2.75) is 6.61 Å². The van der Waals surface area contributed by atoms with E-state index in [-0.39, 0.29) is 23.8 Å². The Morgan fingerprint density at radius 2 is 1.86 bits per heavy atom. The van der Waals surface area contributed by atoms with Crippen molar-refractivity contribution in [2.75, 3.05) is 23.4 Å². The van der Waals surface area contributed by atoms with Gasteiger partial charge in [0.15, 0.2) is 5.76 Å². The van der Waals surface area contributed by atoms with Crippen LogP contribution in [0.2, 0.25) is 0 Å². The van der Waals surface area contributed by atoms with Crippen LogP contribution < -0.4 is 19.5 Å². The molecule has 0 bridgehead atoms. The zero-order valence-electron chi connectivity index (χ0n) is 15.8. The van der Waals surface area contributed by atoms with Gasteiger partial charge in [0.1, 0.15) is 18.1 Å². The molecule has 1 aromatic heterocycles. The number of methoxy groups -OCH3 is 1. The van der Waals surface area contributed by atoms with Crippen molar-refractivity contribution in [3.05, 3.63) is 72.2 Å². The summed E-state index contributed by atoms with van der Waals surface area (Å²) in [5.41, 5.74) is 1.27. The molecule has 0 radical (unpaired) electrons. The number of hydrogen-bond donors (Lipinski definition) is 2. The van der Waals surface area contributed by atoms with Crippen molar-refractivity contribution >= 4 is 27.3 Å². The van der Waals surface area contributed by atoms with Gasteiger partial charge >= 0.3 is 0 Å². The molecule has 9 heteroatoms. The first-order valence-corrected chi connectivity index (χ1v) is 10.5. The topological polar surface area (TPSA) is 107 Å². The lowest BCUT2D eigenvalue weighted by atomic mass is 10.2. The molecule has 152 valence electrons. The molecule has 0 unspecified atom stereocenters. The van der Waals surface area contributed by atoms with Gasteiger partial charge in [-0.1, -0.05) is 18.2 Å². The quantitative estimate of drug-likeness (QED) is 0.582. The molecule has 29 heavy (non-hydrogen) atoms. The molecule has 3 rings (SSSR count). The third kappa shape index (κ3) is 5.52. The third-order valence-electron chi connectivity index (χ3n) is 3.85. The van der Waals surface area contributed by atoms with Gasteiger partial charge < -0.3 is 19.2 Å². The maximum atomic E-state index is 12.6. The van der Waals surface area contributed by atoms with Crippen LogP contribution in [0.3, 0.4) is 0 Å². The van der Waals surface area contributed by atoms with Crippen LogP contribution in [0, 0.1) is 0 Å². The minimum Gasteiger partial charge on any atom is -0.494 e. The van der Waals surface area contributed by atoms with Crippen molar-refractivity contribution in [3.63, 3.8) is 0 Å². The summed E-state index contributed by atoms with van der Waals surface area (Å²) >= 11 is 0. The average molecular weight is 416 g/mol. The summed E-state index contributed by atoms with van der Waals surface area (Å²) < 4.78 is 41.4. The predicted molar refractivity (Wildman–Crippen MR) is 109 cm³/mol. The van der Waals surface area contributed by atoms with Crippen LogP contribution in [0.4, 0.5) is 11.4 Å². The second-order valence-electron chi connectivity index (χ2n) is 6.12. The number of nitrogens with one attached hydrogen (secondary N) is 2. The van der Waals surface area contributed by atoms with Gasteiger partial charge in [-0.05, 0) is 30.3 Å². The molecule has 1 amide bonds. The second kappa shape index (κ2) is 8.70. The highest BCUT2D eigenvalue weighted by molar-refractivity contribution is 7.92. The fourth-order valence-electron chi connectivity index (χ4n) is 2.57. The maximum absolute atomic E-state index is 12.6. The molecule has 0 atom stereocenters. The Morgan fingerprint density at radius 3 is 2.55 bits per heavy atom. The largest absolute Gasteiger partial charge is 0.494 e. The number of sulfonamides is 1. The number of carbonyl (C=O) groups excluding carboxylic acids is 1. The Bertz CT molecular complexity index is 1090. The molecule has 8 nitrogen and oxygen atoms in total. The molecule has 0 saturated carbocycles. The summed E-state index contributed by atoms with van der Waals surface area (Å²) in [5.74, 6) is 0.602. The molecule has 0 spiro atoms. The van der Waals surface area contributed by atoms with Gasteiger partial charge in [0.2, 0.25) is 10.0 Å². The van der Waals surface area contributed by atoms with Gasteiger partial charge in [-0.3, -0.25) is 9.52 Å². The number of rotatable bonds is 8. The van der Waals surface area contributed by atoms with Crippen LogP contribution in [0.25, 0.3) is 0 Å². The molecule has 2 aromatic carbocycles. The zero-order chi connectivity index (χ0) is 20.9. The molecule has 0 aliphatic carbocycles. The Labute approximate surface area is 168 Å². The van der Waals surface area contributed by atoms with Crippen molar-refractivity contribution in [2.24, 2.45) is 0 Å². The lowest BCUT2D eigenvalue weighted by Crippen LogP contribution is -2.14. The number of para-hydroxylation sites is 1. The van der Waals surface area contributed by atoms with Crippen molar-refractivity contribution in [1.82, 2.24) is 0 Å². The van der Waals surface area contributed by atoms with Crippen LogP contribution in [-0.4, -0.2) is 27.7 Å². The number of hydrogen-bond acceptors (Lipinski definition) is 6. The Kier molecular flexibility index (Phi) is 6.08. The van der Waals surface area contributed by atoms with E-state index in [4.69, 9.17) is 13.9 Å². The highest BCUT2D eigenvalue weighted by Gasteiger charge is 2.17. The number of anilines is 2. The van der Waals surface area contributed by atoms with Gasteiger partial charge in [-0.25, -0.2) is 8.42 Å². The average Bonchev–Trinajstić information content (AvgIpc) is 3.16. The van der Waals surface area contributed by atoms with Crippen LogP contribution >= 0.6 is 0 Å². The lowest BCUT2D eigenvalue weighted by Gasteiger charge is -2.12. The summed E-state index contributed by atoms with van der Waals surface area (Å²) in [5, 5.41) is 2.70. The second-order valence-corrected chi connectivity index (χ2v) is 7.87. The summed E-state index contributed by atoms with van der Waals surface area (Å²) in [4.78, 5) is 12.6. The third-order valence-corrected chi connectivity index (χ3v) is 4.44. The van der Waals surface area contributed by atoms with Crippen LogP contribution in [0.5, 0.6) is 11.5 Å². The highest BCUT2D eigenvalue weighted by Crippen LogP contribution is 2.29. The number of furan rings is 1. The Morgan fingerprint density at radius 1 is 1.10 bits per heavy atom. The normalized spacial score (nSPS) is 11.0. The van der Waals surface area contributed by atoms with Gasteiger partial charge in [0.05, 0.1) is 25.3 Å². The van der Waals surface area contributed by atoms with E-state index in [0.717, 1.165) is 6.26 Å². The number of carbonyl (C=O) groups is 1. The summed E-state index contributed by atoms with van der Waals surface area (Å²) in [6.45, 7) is 0.170. The molecule has 3 aromatic rings. The van der Waals surface area contributed by atoms with E-state index >= 15 is 0 Å². The first-order valence-electron chi connectivity index (χ1n) is 8.57. The molecule has 0 aliphatic heterocycles. The number of benzene rings is 2. The fraction of sp³-hybridized carbons (Fsp3) is 0.150. The molecular formula is C20H20N2O6S. The SMILES string of the molecule is COc1cc(NC(=O)c2occc2COc2ccccc2)ccc1NS(C)(=O)=O. The van der Waals surface area contributed by atoms with Crippen LogP contribution in [-0.2, 0) is 16.6 Å². The van der Waals surface area contributed by atoms with Gasteiger partial charge in [0, 0.05) is 17.3 Å². The van der Waals surface area contributed by atoms with Gasteiger partial charge in [-0.2, -0.15) is 0 Å². The number of amides is 1. The first-order chi connectivity index (χ1) is 13.9. The molecule has 0 saturated heterocycles. The van der Waals surface area contributed by atoms with Gasteiger partial charge in [-0.15, -0.1) is 0 Å². The van der Waals surface area contributed by atoms with Crippen molar-refractivity contribution < 1.29 is 27.1 Å². The minimum atomic E-state index is -3.46. The van der Waals surface area contributed by atoms with Crippen LogP contribution in [0.1, 0.15) is 16.1 Å². The predicted octanol–water partition coefficient (Wildman–Crippen LogP) is 3.49. The van der Waals surface area contributed by atoms with Crippen molar-refractivity contribution in [3.8, 4) is 11.5 Å². The highest BCUT2D eigenvalue weighted by atomic mass is 32.2. The smallest absolute Gasteiger partial charge is 0.291 e. The van der Waals surface area contributed by atoms with Crippen molar-refractivity contribution in [1.29, 1.82) is 0 Å². The summed E-state index contributed by atoms with van der Waals surface area (Å²) in [6, 6.07) is 15.5. The Hall–Kier alpha value is -3.46. The lowest BCUT2D eigenvalue weighted by molar-refractivity contribution is 0.0993. The molecular weight excluding hydrogens is 396 g/mol. The van der Waals surface area contributed by atoms with E-state index < -0.39 is 15.9 Å². The number of ether oxygens (including phenoxy) is 2. The molecule has 2 N–H and O–H groups in total. The standard InChI is InChI=1S/C20H20N2O6S/c1-26-18-12-15(8-9-17(18)22-29(2,24)25)21-20(23)19-14(10-11-27-19)13-28-16-6-4-3-5-7-16/h3-12,22H,13H2,1-2H3,(H,21,23). The zero-order valence-corrected chi connectivity index (χ0v) is 16.7.